The van der Waals surface area contributed by atoms with Crippen LogP contribution in [0.5, 0.6) is 0 Å². The van der Waals surface area contributed by atoms with Crippen molar-refractivity contribution in [1.82, 2.24) is 4.90 Å². The van der Waals surface area contributed by atoms with Gasteiger partial charge >= 0.3 is 0 Å². The Morgan fingerprint density at radius 1 is 1.31 bits per heavy atom. The minimum Gasteiger partial charge on any atom is -0.395 e. The molecule has 0 spiro atoms. The van der Waals surface area contributed by atoms with E-state index in [4.69, 9.17) is 5.11 Å². The minimum atomic E-state index is 0.287. The van der Waals surface area contributed by atoms with Gasteiger partial charge < -0.3 is 10.0 Å². The van der Waals surface area contributed by atoms with Gasteiger partial charge in [0.1, 0.15) is 0 Å². The van der Waals surface area contributed by atoms with Gasteiger partial charge in [-0.15, -0.1) is 0 Å². The molecule has 0 saturated heterocycles. The largest absolute Gasteiger partial charge is 0.395 e. The third kappa shape index (κ3) is 2.96. The predicted octanol–water partition coefficient (Wildman–Crippen LogP) is 1.74. The molecule has 0 aliphatic heterocycles. The van der Waals surface area contributed by atoms with E-state index in [0.29, 0.717) is 6.04 Å². The van der Waals surface area contributed by atoms with Crippen LogP contribution < -0.4 is 0 Å². The first-order valence-corrected chi connectivity index (χ1v) is 5.46. The molecular formula is C11H23NO. The van der Waals surface area contributed by atoms with Crippen molar-refractivity contribution in [2.24, 2.45) is 11.8 Å². The van der Waals surface area contributed by atoms with Crippen molar-refractivity contribution < 1.29 is 5.11 Å². The van der Waals surface area contributed by atoms with E-state index in [1.165, 1.54) is 19.3 Å². The molecule has 2 heteroatoms. The highest BCUT2D eigenvalue weighted by atomic mass is 16.3. The second-order valence-corrected chi connectivity index (χ2v) is 4.67. The van der Waals surface area contributed by atoms with Crippen LogP contribution >= 0.6 is 0 Å². The molecule has 1 saturated carbocycles. The summed E-state index contributed by atoms with van der Waals surface area (Å²) in [5.74, 6) is 1.69. The molecule has 0 aromatic heterocycles. The molecule has 0 amide bonds. The lowest BCUT2D eigenvalue weighted by Crippen LogP contribution is -2.41. The van der Waals surface area contributed by atoms with E-state index >= 15 is 0 Å². The molecule has 3 unspecified atom stereocenters. The zero-order valence-corrected chi connectivity index (χ0v) is 9.16. The Labute approximate surface area is 81.9 Å². The van der Waals surface area contributed by atoms with Crippen LogP contribution in [0.3, 0.4) is 0 Å². The lowest BCUT2D eigenvalue weighted by Gasteiger charge is -2.38. The number of aliphatic hydroxyl groups is 1. The first-order chi connectivity index (χ1) is 6.15. The molecule has 0 aromatic carbocycles. The summed E-state index contributed by atoms with van der Waals surface area (Å²) in [6.07, 6.45) is 4.00. The number of rotatable bonds is 3. The van der Waals surface area contributed by atoms with Crippen LogP contribution in [-0.2, 0) is 0 Å². The van der Waals surface area contributed by atoms with Crippen LogP contribution in [0.25, 0.3) is 0 Å². The van der Waals surface area contributed by atoms with Crippen LogP contribution in [0.15, 0.2) is 0 Å². The fraction of sp³-hybridized carbons (Fsp3) is 1.00. The number of nitrogens with zero attached hydrogens (tertiary/aromatic N) is 1. The quantitative estimate of drug-likeness (QED) is 0.724. The SMILES string of the molecule is CC1CCC(N(C)CCO)C(C)C1. The van der Waals surface area contributed by atoms with E-state index in [1.807, 2.05) is 0 Å². The Morgan fingerprint density at radius 2 is 2.00 bits per heavy atom. The summed E-state index contributed by atoms with van der Waals surface area (Å²) >= 11 is 0. The van der Waals surface area contributed by atoms with Crippen LogP contribution in [0.1, 0.15) is 33.1 Å². The van der Waals surface area contributed by atoms with Gasteiger partial charge in [-0.05, 0) is 38.1 Å². The van der Waals surface area contributed by atoms with Crippen molar-refractivity contribution in [1.29, 1.82) is 0 Å². The van der Waals surface area contributed by atoms with Gasteiger partial charge in [-0.2, -0.15) is 0 Å². The zero-order chi connectivity index (χ0) is 9.84. The molecule has 78 valence electrons. The Morgan fingerprint density at radius 3 is 2.54 bits per heavy atom. The average molecular weight is 185 g/mol. The Balaban J connectivity index is 2.40. The highest BCUT2D eigenvalue weighted by Gasteiger charge is 2.27. The van der Waals surface area contributed by atoms with Crippen molar-refractivity contribution in [2.45, 2.75) is 39.2 Å². The number of likely N-dealkylation sites (N-methyl/N-ethyl adjacent to an activating group) is 1. The topological polar surface area (TPSA) is 23.5 Å². The number of aliphatic hydroxyl groups excluding tert-OH is 1. The van der Waals surface area contributed by atoms with E-state index in [0.717, 1.165) is 18.4 Å². The van der Waals surface area contributed by atoms with E-state index < -0.39 is 0 Å². The van der Waals surface area contributed by atoms with Crippen molar-refractivity contribution in [3.63, 3.8) is 0 Å². The molecular weight excluding hydrogens is 162 g/mol. The lowest BCUT2D eigenvalue weighted by atomic mass is 9.79. The Hall–Kier alpha value is -0.0800. The zero-order valence-electron chi connectivity index (χ0n) is 9.16. The van der Waals surface area contributed by atoms with Gasteiger partial charge in [0.25, 0.3) is 0 Å². The van der Waals surface area contributed by atoms with Gasteiger partial charge in [0.2, 0.25) is 0 Å². The Bertz CT molecular complexity index is 145. The second kappa shape index (κ2) is 4.97. The number of hydrogen-bond donors (Lipinski definition) is 1. The first-order valence-electron chi connectivity index (χ1n) is 5.46. The third-order valence-corrected chi connectivity index (χ3v) is 3.41. The van der Waals surface area contributed by atoms with Gasteiger partial charge in [-0.3, -0.25) is 0 Å². The smallest absolute Gasteiger partial charge is 0.0558 e. The van der Waals surface area contributed by atoms with Gasteiger partial charge in [0.15, 0.2) is 0 Å². The highest BCUT2D eigenvalue weighted by molar-refractivity contribution is 4.81. The molecule has 0 heterocycles. The summed E-state index contributed by atoms with van der Waals surface area (Å²) in [7, 11) is 2.13. The molecule has 13 heavy (non-hydrogen) atoms. The van der Waals surface area contributed by atoms with E-state index in [-0.39, 0.29) is 6.61 Å². The molecule has 1 aliphatic carbocycles. The maximum atomic E-state index is 8.86. The molecule has 2 nitrogen and oxygen atoms in total. The fourth-order valence-corrected chi connectivity index (χ4v) is 2.63. The van der Waals surface area contributed by atoms with Crippen LogP contribution in [0, 0.1) is 11.8 Å². The van der Waals surface area contributed by atoms with Gasteiger partial charge in [-0.1, -0.05) is 13.8 Å². The van der Waals surface area contributed by atoms with Crippen LogP contribution in [0.4, 0.5) is 0 Å². The molecule has 1 rings (SSSR count). The standard InChI is InChI=1S/C11H23NO/c1-9-4-5-11(10(2)8-9)12(3)6-7-13/h9-11,13H,4-8H2,1-3H3. The highest BCUT2D eigenvalue weighted by Crippen LogP contribution is 2.31. The van der Waals surface area contributed by atoms with Gasteiger partial charge in [0, 0.05) is 12.6 Å². The average Bonchev–Trinajstić information content (AvgIpc) is 2.04. The molecule has 0 bridgehead atoms. The number of hydrogen-bond acceptors (Lipinski definition) is 2. The summed E-state index contributed by atoms with van der Waals surface area (Å²) in [5, 5.41) is 8.86. The Kier molecular flexibility index (Phi) is 4.20. The van der Waals surface area contributed by atoms with Gasteiger partial charge in [-0.25, -0.2) is 0 Å². The molecule has 1 aliphatic rings. The normalized spacial score (nSPS) is 35.3. The van der Waals surface area contributed by atoms with Crippen LogP contribution in [-0.4, -0.2) is 36.2 Å². The monoisotopic (exact) mass is 185 g/mol. The van der Waals surface area contributed by atoms with Crippen LogP contribution in [0.2, 0.25) is 0 Å². The third-order valence-electron chi connectivity index (χ3n) is 3.41. The van der Waals surface area contributed by atoms with Crippen molar-refractivity contribution in [2.75, 3.05) is 20.2 Å². The maximum Gasteiger partial charge on any atom is 0.0558 e. The van der Waals surface area contributed by atoms with Crippen molar-refractivity contribution in [3.05, 3.63) is 0 Å². The summed E-state index contributed by atoms with van der Waals surface area (Å²) in [6.45, 7) is 5.80. The van der Waals surface area contributed by atoms with Crippen molar-refractivity contribution >= 4 is 0 Å². The first kappa shape index (κ1) is 11.0. The minimum absolute atomic E-state index is 0.287. The summed E-state index contributed by atoms with van der Waals surface area (Å²) < 4.78 is 0. The van der Waals surface area contributed by atoms with E-state index in [9.17, 15) is 0 Å². The molecule has 1 N–H and O–H groups in total. The van der Waals surface area contributed by atoms with E-state index in [1.54, 1.807) is 0 Å². The molecule has 3 atom stereocenters. The van der Waals surface area contributed by atoms with Gasteiger partial charge in [0.05, 0.1) is 6.61 Å². The lowest BCUT2D eigenvalue weighted by molar-refractivity contribution is 0.0983. The second-order valence-electron chi connectivity index (χ2n) is 4.67. The van der Waals surface area contributed by atoms with E-state index in [2.05, 4.69) is 25.8 Å². The maximum absolute atomic E-state index is 8.86. The molecule has 0 radical (unpaired) electrons. The molecule has 1 fully saturated rings. The molecule has 0 aromatic rings. The fourth-order valence-electron chi connectivity index (χ4n) is 2.63. The summed E-state index contributed by atoms with van der Waals surface area (Å²) in [6, 6.07) is 0.698. The summed E-state index contributed by atoms with van der Waals surface area (Å²) in [5.41, 5.74) is 0. The predicted molar refractivity (Wildman–Crippen MR) is 55.7 cm³/mol. The van der Waals surface area contributed by atoms with Crippen molar-refractivity contribution in [3.8, 4) is 0 Å². The summed E-state index contributed by atoms with van der Waals surface area (Å²) in [4.78, 5) is 2.32.